The standard InChI is InChI=1S/C18H14BrN3OS/c19-13-5-6-15(20-9-13)11-1-3-12(4-2-11)17-21-16-7-8-24-10-14(16)18(23)22-17/h1-6,9H,7-8,10H2,(H,21,22,23). The van der Waals surface area contributed by atoms with Gasteiger partial charge < -0.3 is 4.98 Å². The SMILES string of the molecule is O=c1[nH]c(-c2ccc(-c3ccc(Br)cn3)cc2)nc2c1CSCC2. The normalized spacial score (nSPS) is 13.5. The number of aromatic amines is 1. The number of benzene rings is 1. The molecule has 3 aromatic rings. The van der Waals surface area contributed by atoms with Gasteiger partial charge in [-0.05, 0) is 40.2 Å². The molecule has 0 saturated heterocycles. The molecular weight excluding hydrogens is 386 g/mol. The number of H-pyrrole nitrogens is 1. The monoisotopic (exact) mass is 399 g/mol. The Balaban J connectivity index is 1.69. The lowest BCUT2D eigenvalue weighted by Gasteiger charge is -2.14. The second-order valence-electron chi connectivity index (χ2n) is 5.58. The van der Waals surface area contributed by atoms with E-state index in [2.05, 4.69) is 30.9 Å². The molecule has 6 heteroatoms. The van der Waals surface area contributed by atoms with Crippen molar-refractivity contribution in [3.05, 3.63) is 68.7 Å². The Labute approximate surface area is 151 Å². The third-order valence-electron chi connectivity index (χ3n) is 4.01. The fourth-order valence-corrected chi connectivity index (χ4v) is 3.94. The number of thioether (sulfide) groups is 1. The third kappa shape index (κ3) is 3.03. The van der Waals surface area contributed by atoms with Gasteiger partial charge in [0.15, 0.2) is 0 Å². The minimum atomic E-state index is -0.0131. The summed E-state index contributed by atoms with van der Waals surface area (Å²) in [5.74, 6) is 2.42. The molecule has 0 saturated carbocycles. The topological polar surface area (TPSA) is 58.6 Å². The summed E-state index contributed by atoms with van der Waals surface area (Å²) in [7, 11) is 0. The van der Waals surface area contributed by atoms with Crippen molar-refractivity contribution < 1.29 is 0 Å². The summed E-state index contributed by atoms with van der Waals surface area (Å²) in [6.45, 7) is 0. The Kier molecular flexibility index (Phi) is 4.24. The first-order chi connectivity index (χ1) is 11.7. The molecule has 0 unspecified atom stereocenters. The van der Waals surface area contributed by atoms with E-state index in [9.17, 15) is 4.79 Å². The van der Waals surface area contributed by atoms with Crippen LogP contribution >= 0.6 is 27.7 Å². The fourth-order valence-electron chi connectivity index (χ4n) is 2.73. The molecule has 2 aromatic heterocycles. The smallest absolute Gasteiger partial charge is 0.255 e. The van der Waals surface area contributed by atoms with Gasteiger partial charge in [-0.15, -0.1) is 0 Å². The van der Waals surface area contributed by atoms with Crippen molar-refractivity contribution in [1.82, 2.24) is 15.0 Å². The van der Waals surface area contributed by atoms with Crippen LogP contribution in [0.5, 0.6) is 0 Å². The minimum Gasteiger partial charge on any atom is -0.306 e. The van der Waals surface area contributed by atoms with Crippen molar-refractivity contribution in [2.75, 3.05) is 5.75 Å². The quantitative estimate of drug-likeness (QED) is 0.705. The van der Waals surface area contributed by atoms with Crippen LogP contribution in [0.2, 0.25) is 0 Å². The zero-order valence-electron chi connectivity index (χ0n) is 12.8. The Bertz CT molecular complexity index is 936. The Hall–Kier alpha value is -1.92. The van der Waals surface area contributed by atoms with E-state index < -0.39 is 0 Å². The van der Waals surface area contributed by atoms with Gasteiger partial charge in [0.05, 0.1) is 11.4 Å². The van der Waals surface area contributed by atoms with Crippen molar-refractivity contribution in [3.63, 3.8) is 0 Å². The number of aryl methyl sites for hydroxylation is 1. The maximum Gasteiger partial charge on any atom is 0.255 e. The van der Waals surface area contributed by atoms with Gasteiger partial charge in [0.2, 0.25) is 0 Å². The van der Waals surface area contributed by atoms with Crippen molar-refractivity contribution in [2.24, 2.45) is 0 Å². The molecule has 0 bridgehead atoms. The molecule has 24 heavy (non-hydrogen) atoms. The molecule has 4 rings (SSSR count). The van der Waals surface area contributed by atoms with Crippen molar-refractivity contribution in [2.45, 2.75) is 12.2 Å². The first-order valence-electron chi connectivity index (χ1n) is 7.63. The van der Waals surface area contributed by atoms with E-state index in [1.54, 1.807) is 18.0 Å². The Morgan fingerprint density at radius 2 is 1.88 bits per heavy atom. The highest BCUT2D eigenvalue weighted by atomic mass is 79.9. The van der Waals surface area contributed by atoms with E-state index in [1.165, 1.54) is 0 Å². The number of rotatable bonds is 2. The predicted molar refractivity (Wildman–Crippen MR) is 101 cm³/mol. The second kappa shape index (κ2) is 6.53. The van der Waals surface area contributed by atoms with Crippen LogP contribution in [0.15, 0.2) is 51.9 Å². The van der Waals surface area contributed by atoms with Crippen LogP contribution in [0.3, 0.4) is 0 Å². The number of hydrogen-bond acceptors (Lipinski definition) is 4. The average Bonchev–Trinajstić information content (AvgIpc) is 2.62. The van der Waals surface area contributed by atoms with E-state index in [4.69, 9.17) is 0 Å². The average molecular weight is 400 g/mol. The number of nitrogens with one attached hydrogen (secondary N) is 1. The van der Waals surface area contributed by atoms with Gasteiger partial charge in [0.1, 0.15) is 5.82 Å². The summed E-state index contributed by atoms with van der Waals surface area (Å²) >= 11 is 5.17. The van der Waals surface area contributed by atoms with Crippen molar-refractivity contribution >= 4 is 27.7 Å². The molecule has 1 aromatic carbocycles. The number of pyridine rings is 1. The number of halogens is 1. The van der Waals surface area contributed by atoms with Crippen LogP contribution in [0.1, 0.15) is 11.3 Å². The summed E-state index contributed by atoms with van der Waals surface area (Å²) < 4.78 is 0.955. The predicted octanol–water partition coefficient (Wildman–Crippen LogP) is 4.05. The van der Waals surface area contributed by atoms with E-state index in [0.29, 0.717) is 5.82 Å². The lowest BCUT2D eigenvalue weighted by Crippen LogP contribution is -2.21. The van der Waals surface area contributed by atoms with Gasteiger partial charge in [-0.2, -0.15) is 11.8 Å². The minimum absolute atomic E-state index is 0.0131. The first-order valence-corrected chi connectivity index (χ1v) is 9.58. The largest absolute Gasteiger partial charge is 0.306 e. The summed E-state index contributed by atoms with van der Waals surface area (Å²) in [5, 5.41) is 0. The molecule has 1 aliphatic heterocycles. The van der Waals surface area contributed by atoms with Crippen molar-refractivity contribution in [1.29, 1.82) is 0 Å². The molecule has 0 aliphatic carbocycles. The Morgan fingerprint density at radius 1 is 1.08 bits per heavy atom. The molecular formula is C18H14BrN3OS. The van der Waals surface area contributed by atoms with Crippen LogP contribution in [-0.2, 0) is 12.2 Å². The highest BCUT2D eigenvalue weighted by Crippen LogP contribution is 2.25. The van der Waals surface area contributed by atoms with Gasteiger partial charge in [0.25, 0.3) is 5.56 Å². The van der Waals surface area contributed by atoms with E-state index in [1.807, 2.05) is 36.4 Å². The summed E-state index contributed by atoms with van der Waals surface area (Å²) in [6.07, 6.45) is 2.64. The van der Waals surface area contributed by atoms with Crippen LogP contribution < -0.4 is 5.56 Å². The van der Waals surface area contributed by atoms with E-state index in [-0.39, 0.29) is 5.56 Å². The van der Waals surface area contributed by atoms with Gasteiger partial charge >= 0.3 is 0 Å². The molecule has 3 heterocycles. The molecule has 4 nitrogen and oxygen atoms in total. The van der Waals surface area contributed by atoms with Crippen LogP contribution in [0.4, 0.5) is 0 Å². The van der Waals surface area contributed by atoms with Gasteiger partial charge in [-0.3, -0.25) is 9.78 Å². The lowest BCUT2D eigenvalue weighted by molar-refractivity contribution is 0.938. The summed E-state index contributed by atoms with van der Waals surface area (Å²) in [6, 6.07) is 11.9. The molecule has 0 radical (unpaired) electrons. The zero-order valence-corrected chi connectivity index (χ0v) is 15.2. The molecule has 0 spiro atoms. The number of nitrogens with zero attached hydrogens (tertiary/aromatic N) is 2. The molecule has 1 N–H and O–H groups in total. The summed E-state index contributed by atoms with van der Waals surface area (Å²) in [4.78, 5) is 24.2. The van der Waals surface area contributed by atoms with Crippen LogP contribution in [-0.4, -0.2) is 20.7 Å². The Morgan fingerprint density at radius 3 is 2.62 bits per heavy atom. The highest BCUT2D eigenvalue weighted by molar-refractivity contribution is 9.10. The third-order valence-corrected chi connectivity index (χ3v) is 5.47. The van der Waals surface area contributed by atoms with Gasteiger partial charge in [0, 0.05) is 33.1 Å². The molecule has 0 amide bonds. The zero-order chi connectivity index (χ0) is 16.5. The molecule has 1 aliphatic rings. The maximum absolute atomic E-state index is 12.3. The fraction of sp³-hybridized carbons (Fsp3) is 0.167. The lowest BCUT2D eigenvalue weighted by atomic mass is 10.1. The van der Waals surface area contributed by atoms with Crippen LogP contribution in [0, 0.1) is 0 Å². The first kappa shape index (κ1) is 15.6. The van der Waals surface area contributed by atoms with E-state index in [0.717, 1.165) is 50.5 Å². The molecule has 0 fully saturated rings. The van der Waals surface area contributed by atoms with Crippen LogP contribution in [0.25, 0.3) is 22.6 Å². The van der Waals surface area contributed by atoms with Gasteiger partial charge in [-0.1, -0.05) is 24.3 Å². The number of fused-ring (bicyclic) bond motifs is 1. The van der Waals surface area contributed by atoms with Crippen molar-refractivity contribution in [3.8, 4) is 22.6 Å². The number of hydrogen-bond donors (Lipinski definition) is 1. The van der Waals surface area contributed by atoms with Gasteiger partial charge in [-0.25, -0.2) is 4.98 Å². The molecule has 120 valence electrons. The second-order valence-corrected chi connectivity index (χ2v) is 7.60. The molecule has 0 atom stereocenters. The maximum atomic E-state index is 12.3. The highest BCUT2D eigenvalue weighted by Gasteiger charge is 2.16. The number of aromatic nitrogens is 3. The summed E-state index contributed by atoms with van der Waals surface area (Å²) in [5.41, 5.74) is 4.60. The van der Waals surface area contributed by atoms with E-state index >= 15 is 0 Å².